The lowest BCUT2D eigenvalue weighted by Crippen LogP contribution is -2.60. The van der Waals surface area contributed by atoms with Crippen LogP contribution >= 0.6 is 0 Å². The minimum absolute atomic E-state index is 0.0924. The van der Waals surface area contributed by atoms with E-state index < -0.39 is 0 Å². The normalized spacial score (nSPS) is 46.0. The van der Waals surface area contributed by atoms with Gasteiger partial charge in [0.2, 0.25) is 11.8 Å². The van der Waals surface area contributed by atoms with Crippen LogP contribution in [0.3, 0.4) is 0 Å². The smallest absolute Gasteiger partial charge is 0.229 e. The van der Waals surface area contributed by atoms with Crippen LogP contribution < -0.4 is 16.0 Å². The maximum Gasteiger partial charge on any atom is 0.229 e. The first-order chi connectivity index (χ1) is 21.0. The zero-order chi connectivity index (χ0) is 30.9. The number of rotatable bonds is 5. The fraction of sp³-hybridized carbons (Fsp3) is 0.778. The van der Waals surface area contributed by atoms with E-state index in [-0.39, 0.29) is 46.9 Å². The van der Waals surface area contributed by atoms with E-state index in [1.54, 1.807) is 12.4 Å². The standard InChI is InChI=1S/C36H52N4O4/c1-21-9-12-36(39-18-21)22(2)33-29(44-36)15-28-26-8-7-24-14-25(10-11-34(24,3)27(26)16-30(41)35(28,33)4)40-32(43)17-31(42)38-20-23-6-5-13-37-19-23/h5-6,13,19,21-22,24-29,33,39H,7-12,14-18,20H2,1-4H3,(H,38,42)(H,40,43)/t21-,22-,24+,25-,26+,27-,28-,29-,33-,34-,35+,36+/m0/s1. The van der Waals surface area contributed by atoms with Crippen molar-refractivity contribution in [3.05, 3.63) is 30.1 Å². The fourth-order valence-electron chi connectivity index (χ4n) is 11.5. The summed E-state index contributed by atoms with van der Waals surface area (Å²) in [5.74, 6) is 3.24. The summed E-state index contributed by atoms with van der Waals surface area (Å²) in [6.45, 7) is 10.8. The Kier molecular flexibility index (Phi) is 7.71. The SMILES string of the molecule is C[C@H]1CC[C@@]2(NC1)O[C@H]1C[C@H]3[C@@H]4CC[C@@H]5C[C@@H](NC(=O)CC(=O)NCc6cccnc6)CC[C@]5(C)[C@H]4CC(=O)[C@]3(C)[C@H]1[C@@H]2C. The minimum Gasteiger partial charge on any atom is -0.357 e. The molecule has 12 atom stereocenters. The molecule has 3 N–H and O–H groups in total. The summed E-state index contributed by atoms with van der Waals surface area (Å²) in [6, 6.07) is 3.83. The van der Waals surface area contributed by atoms with Crippen molar-refractivity contribution in [2.75, 3.05) is 6.54 Å². The van der Waals surface area contributed by atoms with E-state index in [4.69, 9.17) is 4.74 Å². The number of piperidine rings is 1. The van der Waals surface area contributed by atoms with Crippen LogP contribution in [0.5, 0.6) is 0 Å². The Bertz CT molecular complexity index is 1280. The van der Waals surface area contributed by atoms with Crippen molar-refractivity contribution in [2.24, 2.45) is 52.3 Å². The van der Waals surface area contributed by atoms with E-state index in [1.165, 1.54) is 12.8 Å². The highest BCUT2D eigenvalue weighted by Crippen LogP contribution is 2.70. The molecular formula is C36H52N4O4. The molecule has 2 aliphatic heterocycles. The summed E-state index contributed by atoms with van der Waals surface area (Å²) in [5.41, 5.74) is 0.493. The molecule has 1 spiro atoms. The van der Waals surface area contributed by atoms with Gasteiger partial charge in [0.25, 0.3) is 0 Å². The van der Waals surface area contributed by atoms with Gasteiger partial charge in [-0.05, 0) is 98.0 Å². The quantitative estimate of drug-likeness (QED) is 0.418. The molecule has 6 aliphatic rings. The average Bonchev–Trinajstić information content (AvgIpc) is 3.45. The average molecular weight is 605 g/mol. The Morgan fingerprint density at radius 2 is 1.91 bits per heavy atom. The molecule has 2 saturated heterocycles. The highest BCUT2D eigenvalue weighted by Gasteiger charge is 2.71. The predicted octanol–water partition coefficient (Wildman–Crippen LogP) is 4.77. The van der Waals surface area contributed by atoms with Crippen LogP contribution in [-0.4, -0.2) is 47.0 Å². The molecule has 0 radical (unpaired) electrons. The van der Waals surface area contributed by atoms with Crippen molar-refractivity contribution in [3.63, 3.8) is 0 Å². The van der Waals surface area contributed by atoms with Gasteiger partial charge in [-0.1, -0.05) is 33.8 Å². The molecular weight excluding hydrogens is 552 g/mol. The monoisotopic (exact) mass is 604 g/mol. The van der Waals surface area contributed by atoms with Crippen LogP contribution in [0.1, 0.15) is 97.5 Å². The van der Waals surface area contributed by atoms with Crippen LogP contribution in [0, 0.1) is 52.3 Å². The van der Waals surface area contributed by atoms with Crippen LogP contribution in [0.2, 0.25) is 0 Å². The molecule has 2 amide bonds. The number of nitrogens with zero attached hydrogens (tertiary/aromatic N) is 1. The molecule has 1 aromatic rings. The van der Waals surface area contributed by atoms with Crippen LogP contribution in [0.25, 0.3) is 0 Å². The minimum atomic E-state index is -0.286. The number of Topliss-reactive ketones (excluding diaryl/α,β-unsaturated/α-hetero) is 1. The molecule has 8 heteroatoms. The second-order valence-electron chi connectivity index (χ2n) is 16.0. The summed E-state index contributed by atoms with van der Waals surface area (Å²) in [7, 11) is 0. The van der Waals surface area contributed by atoms with E-state index in [9.17, 15) is 14.4 Å². The third-order valence-electron chi connectivity index (χ3n) is 13.9. The first-order valence-corrected chi connectivity index (χ1v) is 17.4. The molecule has 1 aromatic heterocycles. The number of carbonyl (C=O) groups is 3. The molecule has 240 valence electrons. The lowest BCUT2D eigenvalue weighted by atomic mass is 9.44. The van der Waals surface area contributed by atoms with Gasteiger partial charge in [-0.15, -0.1) is 0 Å². The predicted molar refractivity (Wildman–Crippen MR) is 167 cm³/mol. The number of nitrogens with one attached hydrogen (secondary N) is 3. The molecule has 7 rings (SSSR count). The zero-order valence-corrected chi connectivity index (χ0v) is 27.1. The van der Waals surface area contributed by atoms with Crippen LogP contribution in [-0.2, 0) is 25.7 Å². The van der Waals surface area contributed by atoms with Gasteiger partial charge in [0, 0.05) is 55.2 Å². The summed E-state index contributed by atoms with van der Waals surface area (Å²) in [6.07, 6.45) is 12.6. The molecule has 3 heterocycles. The van der Waals surface area contributed by atoms with Crippen molar-refractivity contribution in [1.29, 1.82) is 0 Å². The number of pyridine rings is 1. The van der Waals surface area contributed by atoms with Gasteiger partial charge in [-0.3, -0.25) is 24.7 Å². The largest absolute Gasteiger partial charge is 0.357 e. The van der Waals surface area contributed by atoms with E-state index >= 15 is 0 Å². The Hall–Kier alpha value is -2.32. The number of amides is 2. The molecule has 0 aromatic carbocycles. The van der Waals surface area contributed by atoms with Gasteiger partial charge in [0.1, 0.15) is 17.9 Å². The number of hydrogen-bond acceptors (Lipinski definition) is 6. The first-order valence-electron chi connectivity index (χ1n) is 17.4. The van der Waals surface area contributed by atoms with Gasteiger partial charge in [-0.2, -0.15) is 0 Å². The van der Waals surface area contributed by atoms with Crippen molar-refractivity contribution in [3.8, 4) is 0 Å². The highest BCUT2D eigenvalue weighted by molar-refractivity contribution is 5.97. The van der Waals surface area contributed by atoms with Gasteiger partial charge >= 0.3 is 0 Å². The molecule has 8 nitrogen and oxygen atoms in total. The molecule has 44 heavy (non-hydrogen) atoms. The number of ketones is 1. The van der Waals surface area contributed by atoms with Gasteiger partial charge in [0.15, 0.2) is 0 Å². The van der Waals surface area contributed by atoms with Gasteiger partial charge in [-0.25, -0.2) is 0 Å². The first kappa shape index (κ1) is 30.3. The van der Waals surface area contributed by atoms with E-state index in [2.05, 4.69) is 48.6 Å². The number of fused-ring (bicyclic) bond motifs is 7. The number of aromatic nitrogens is 1. The van der Waals surface area contributed by atoms with Gasteiger partial charge < -0.3 is 15.4 Å². The zero-order valence-electron chi connectivity index (χ0n) is 27.1. The Balaban J connectivity index is 0.977. The second kappa shape index (κ2) is 11.2. The molecule has 6 fully saturated rings. The Morgan fingerprint density at radius 3 is 2.66 bits per heavy atom. The van der Waals surface area contributed by atoms with Crippen molar-refractivity contribution in [1.82, 2.24) is 20.9 Å². The Labute approximate surface area is 262 Å². The van der Waals surface area contributed by atoms with E-state index in [1.807, 2.05) is 12.1 Å². The Morgan fingerprint density at radius 1 is 1.07 bits per heavy atom. The number of hydrogen-bond donors (Lipinski definition) is 3. The van der Waals surface area contributed by atoms with Crippen molar-refractivity contribution in [2.45, 2.75) is 116 Å². The molecule has 0 bridgehead atoms. The molecule has 4 saturated carbocycles. The summed E-state index contributed by atoms with van der Waals surface area (Å²) in [4.78, 5) is 43.6. The topological polar surface area (TPSA) is 109 Å². The van der Waals surface area contributed by atoms with Crippen molar-refractivity contribution < 1.29 is 19.1 Å². The van der Waals surface area contributed by atoms with Gasteiger partial charge in [0.05, 0.1) is 6.10 Å². The maximum absolute atomic E-state index is 14.4. The summed E-state index contributed by atoms with van der Waals surface area (Å²) < 4.78 is 6.97. The fourth-order valence-corrected chi connectivity index (χ4v) is 11.5. The van der Waals surface area contributed by atoms with Crippen LogP contribution in [0.4, 0.5) is 0 Å². The molecule has 0 unspecified atom stereocenters. The third kappa shape index (κ3) is 4.85. The van der Waals surface area contributed by atoms with Crippen molar-refractivity contribution >= 4 is 17.6 Å². The summed E-state index contributed by atoms with van der Waals surface area (Å²) >= 11 is 0. The third-order valence-corrected chi connectivity index (χ3v) is 13.9. The van der Waals surface area contributed by atoms with E-state index in [0.717, 1.165) is 50.6 Å². The maximum atomic E-state index is 14.4. The lowest BCUT2D eigenvalue weighted by Gasteiger charge is -2.60. The number of carbonyl (C=O) groups excluding carboxylic acids is 3. The van der Waals surface area contributed by atoms with Crippen LogP contribution in [0.15, 0.2) is 24.5 Å². The molecule has 4 aliphatic carbocycles. The lowest BCUT2D eigenvalue weighted by molar-refractivity contribution is -0.160. The van der Waals surface area contributed by atoms with E-state index in [0.29, 0.717) is 60.2 Å². The summed E-state index contributed by atoms with van der Waals surface area (Å²) in [5, 5.41) is 9.81. The number of ether oxygens (including phenoxy) is 1. The second-order valence-corrected chi connectivity index (χ2v) is 16.0. The highest BCUT2D eigenvalue weighted by atomic mass is 16.5.